The van der Waals surface area contributed by atoms with Gasteiger partial charge >= 0.3 is 6.01 Å². The van der Waals surface area contributed by atoms with Crippen molar-refractivity contribution in [1.29, 1.82) is 0 Å². The molecule has 2 aliphatic carbocycles. The Hall–Kier alpha value is -3.79. The van der Waals surface area contributed by atoms with Gasteiger partial charge in [0.15, 0.2) is 5.75 Å². The number of benzene rings is 1. The molecule has 0 spiro atoms. The lowest BCUT2D eigenvalue weighted by Crippen LogP contribution is -2.38. The van der Waals surface area contributed by atoms with E-state index in [9.17, 15) is 4.79 Å². The Bertz CT molecular complexity index is 1270. The molecule has 2 atom stereocenters. The van der Waals surface area contributed by atoms with Crippen molar-refractivity contribution < 1.29 is 9.53 Å². The topological polar surface area (TPSA) is 131 Å². The third-order valence-corrected chi connectivity index (χ3v) is 6.98. The van der Waals surface area contributed by atoms with Crippen molar-refractivity contribution in [3.63, 3.8) is 0 Å². The van der Waals surface area contributed by atoms with E-state index in [2.05, 4.69) is 43.7 Å². The minimum Gasteiger partial charge on any atom is -0.421 e. The molecule has 2 aromatic heterocycles. The van der Waals surface area contributed by atoms with Gasteiger partial charge < -0.3 is 26.0 Å². The van der Waals surface area contributed by atoms with Gasteiger partial charge in [-0.15, -0.1) is 0 Å². The number of carbonyl (C=O) groups excluding carboxylic acids is 1. The zero-order chi connectivity index (χ0) is 23.4. The number of nitrogens with two attached hydrogens (primary N) is 1. The summed E-state index contributed by atoms with van der Waals surface area (Å²) < 4.78 is 5.98. The maximum Gasteiger partial charge on any atom is 0.324 e. The molecule has 0 bridgehead atoms. The number of nitrogens with zero attached hydrogens (tertiary/aromatic N) is 5. The second kappa shape index (κ2) is 7.91. The number of anilines is 2. The van der Waals surface area contributed by atoms with Crippen molar-refractivity contribution in [2.45, 2.75) is 19.4 Å². The third-order valence-electron chi connectivity index (χ3n) is 6.98. The quantitative estimate of drug-likeness (QED) is 0.393. The zero-order valence-corrected chi connectivity index (χ0v) is 19.1. The first-order chi connectivity index (χ1) is 16.6. The summed E-state index contributed by atoms with van der Waals surface area (Å²) in [6.45, 7) is 3.48. The first-order valence-corrected chi connectivity index (χ1v) is 11.5. The van der Waals surface area contributed by atoms with Crippen LogP contribution in [0.2, 0.25) is 0 Å². The Labute approximate surface area is 197 Å². The highest BCUT2D eigenvalue weighted by Gasteiger charge is 2.57. The summed E-state index contributed by atoms with van der Waals surface area (Å²) in [6, 6.07) is 6.75. The number of fused-ring (bicyclic) bond motifs is 4. The van der Waals surface area contributed by atoms with Crippen molar-refractivity contribution in [2.75, 3.05) is 36.9 Å². The highest BCUT2D eigenvalue weighted by atomic mass is 16.5. The van der Waals surface area contributed by atoms with Gasteiger partial charge in [-0.2, -0.15) is 9.97 Å². The van der Waals surface area contributed by atoms with E-state index in [-0.39, 0.29) is 24.5 Å². The third kappa shape index (κ3) is 3.41. The predicted molar refractivity (Wildman–Crippen MR) is 127 cm³/mol. The van der Waals surface area contributed by atoms with Crippen LogP contribution in [0.15, 0.2) is 30.6 Å². The molecular weight excluding hydrogens is 432 g/mol. The molecule has 1 saturated carbocycles. The SMILES string of the molecule is CNc1cccc2c1Cc1nc(Oc3cnc(C)nc3)nc(N3CC4C(C3)C4NC(=O)CN)c1-2. The van der Waals surface area contributed by atoms with Gasteiger partial charge in [0.25, 0.3) is 0 Å². The Morgan fingerprint density at radius 3 is 2.68 bits per heavy atom. The van der Waals surface area contributed by atoms with Gasteiger partial charge in [-0.3, -0.25) is 4.79 Å². The summed E-state index contributed by atoms with van der Waals surface area (Å²) in [4.78, 5) is 32.1. The molecule has 10 heteroatoms. The molecule has 10 nitrogen and oxygen atoms in total. The maximum atomic E-state index is 11.7. The molecule has 3 aliphatic rings. The molecule has 1 aromatic carbocycles. The van der Waals surface area contributed by atoms with Crippen LogP contribution in [0.3, 0.4) is 0 Å². The number of ether oxygens (including phenoxy) is 1. The molecule has 34 heavy (non-hydrogen) atoms. The van der Waals surface area contributed by atoms with Crippen LogP contribution in [0, 0.1) is 18.8 Å². The van der Waals surface area contributed by atoms with Crippen LogP contribution in [0.1, 0.15) is 17.1 Å². The predicted octanol–water partition coefficient (Wildman–Crippen LogP) is 1.49. The molecule has 0 radical (unpaired) electrons. The van der Waals surface area contributed by atoms with E-state index in [1.807, 2.05) is 14.0 Å². The number of nitrogens with one attached hydrogen (secondary N) is 2. The molecular formula is C24H26N8O2. The Morgan fingerprint density at radius 2 is 1.97 bits per heavy atom. The summed E-state index contributed by atoms with van der Waals surface area (Å²) in [5.74, 6) is 2.75. The molecule has 2 unspecified atom stereocenters. The first-order valence-electron chi connectivity index (χ1n) is 11.5. The molecule has 2 fully saturated rings. The number of piperidine rings is 1. The van der Waals surface area contributed by atoms with Gasteiger partial charge in [-0.25, -0.2) is 9.97 Å². The first kappa shape index (κ1) is 20.8. The lowest BCUT2D eigenvalue weighted by atomic mass is 10.1. The molecule has 1 saturated heterocycles. The normalized spacial score (nSPS) is 21.5. The second-order valence-corrected chi connectivity index (χ2v) is 9.01. The van der Waals surface area contributed by atoms with Gasteiger partial charge in [0.1, 0.15) is 11.6 Å². The molecule has 3 heterocycles. The van der Waals surface area contributed by atoms with Crippen LogP contribution in [-0.2, 0) is 11.2 Å². The Morgan fingerprint density at radius 1 is 1.21 bits per heavy atom. The lowest BCUT2D eigenvalue weighted by molar-refractivity contribution is -0.120. The lowest BCUT2D eigenvalue weighted by Gasteiger charge is -2.24. The van der Waals surface area contributed by atoms with Crippen molar-refractivity contribution in [3.8, 4) is 22.9 Å². The molecule has 3 aromatic rings. The van der Waals surface area contributed by atoms with Crippen LogP contribution < -0.4 is 26.0 Å². The van der Waals surface area contributed by atoms with Crippen molar-refractivity contribution in [2.24, 2.45) is 17.6 Å². The monoisotopic (exact) mass is 458 g/mol. The largest absolute Gasteiger partial charge is 0.421 e. The van der Waals surface area contributed by atoms with E-state index in [1.165, 1.54) is 5.56 Å². The molecule has 1 aliphatic heterocycles. The summed E-state index contributed by atoms with van der Waals surface area (Å²) in [6.07, 6.45) is 3.96. The standard InChI is InChI=1S/C24H26N8O2/c1-12-27-8-13(9-28-12)34-24-29-19-6-15-14(4-3-5-18(15)26-2)21(19)23(31-24)32-10-16-17(11-32)22(16)30-20(33)7-25/h3-5,8-9,16-17,22,26H,6-7,10-11,25H2,1-2H3,(H,30,33). The molecule has 6 rings (SSSR count). The van der Waals surface area contributed by atoms with Gasteiger partial charge in [-0.1, -0.05) is 12.1 Å². The smallest absolute Gasteiger partial charge is 0.324 e. The van der Waals surface area contributed by atoms with Crippen LogP contribution in [0.25, 0.3) is 11.1 Å². The fraction of sp³-hybridized carbons (Fsp3) is 0.375. The van der Waals surface area contributed by atoms with Crippen molar-refractivity contribution >= 4 is 17.4 Å². The summed E-state index contributed by atoms with van der Waals surface area (Å²) in [5, 5.41) is 6.33. The number of hydrogen-bond donors (Lipinski definition) is 3. The summed E-state index contributed by atoms with van der Waals surface area (Å²) in [5.41, 5.74) is 10.9. The number of aryl methyl sites for hydroxylation is 1. The minimum absolute atomic E-state index is 0.0209. The Balaban J connectivity index is 1.35. The summed E-state index contributed by atoms with van der Waals surface area (Å²) in [7, 11) is 1.93. The fourth-order valence-corrected chi connectivity index (χ4v) is 5.26. The average Bonchev–Trinajstić information content (AvgIpc) is 3.17. The maximum absolute atomic E-state index is 11.7. The number of amides is 1. The van der Waals surface area contributed by atoms with E-state index in [0.717, 1.165) is 41.4 Å². The summed E-state index contributed by atoms with van der Waals surface area (Å²) >= 11 is 0. The van der Waals surface area contributed by atoms with Crippen molar-refractivity contribution in [3.05, 3.63) is 47.7 Å². The highest BCUT2D eigenvalue weighted by molar-refractivity contribution is 5.88. The van der Waals surface area contributed by atoms with E-state index in [1.54, 1.807) is 12.4 Å². The average molecular weight is 459 g/mol. The Kier molecular flexibility index (Phi) is 4.84. The minimum atomic E-state index is -0.0987. The zero-order valence-electron chi connectivity index (χ0n) is 19.1. The van der Waals surface area contributed by atoms with E-state index < -0.39 is 0 Å². The number of hydrogen-bond acceptors (Lipinski definition) is 9. The van der Waals surface area contributed by atoms with Crippen LogP contribution in [0.4, 0.5) is 11.5 Å². The molecule has 4 N–H and O–H groups in total. The van der Waals surface area contributed by atoms with Gasteiger partial charge in [0.2, 0.25) is 5.91 Å². The van der Waals surface area contributed by atoms with Crippen molar-refractivity contribution in [1.82, 2.24) is 25.3 Å². The van der Waals surface area contributed by atoms with Gasteiger partial charge in [-0.05, 0) is 24.1 Å². The number of carbonyl (C=O) groups is 1. The second-order valence-electron chi connectivity index (χ2n) is 9.01. The highest BCUT2D eigenvalue weighted by Crippen LogP contribution is 2.50. The molecule has 174 valence electrons. The van der Waals surface area contributed by atoms with Crippen LogP contribution in [0.5, 0.6) is 11.8 Å². The number of rotatable bonds is 6. The number of aromatic nitrogens is 4. The van der Waals surface area contributed by atoms with Crippen LogP contribution in [-0.4, -0.2) is 58.6 Å². The van der Waals surface area contributed by atoms with Gasteiger partial charge in [0.05, 0.1) is 24.6 Å². The van der Waals surface area contributed by atoms with E-state index in [0.29, 0.717) is 29.8 Å². The van der Waals surface area contributed by atoms with E-state index in [4.69, 9.17) is 20.4 Å². The van der Waals surface area contributed by atoms with E-state index >= 15 is 0 Å². The fourth-order valence-electron chi connectivity index (χ4n) is 5.26. The van der Waals surface area contributed by atoms with Crippen LogP contribution >= 0.6 is 0 Å². The van der Waals surface area contributed by atoms with Gasteiger partial charge in [0, 0.05) is 55.7 Å². The molecule has 1 amide bonds.